The molecule has 0 unspecified atom stereocenters. The number of carbonyl (C=O) groups is 1. The number of carbonyl (C=O) groups excluding carboxylic acids is 1. The van der Waals surface area contributed by atoms with Gasteiger partial charge in [-0.25, -0.2) is 5.84 Å². The molecule has 0 aliphatic carbocycles. The van der Waals surface area contributed by atoms with E-state index < -0.39 is 5.91 Å². The quantitative estimate of drug-likeness (QED) is 0.502. The highest BCUT2D eigenvalue weighted by molar-refractivity contribution is 5.98. The summed E-state index contributed by atoms with van der Waals surface area (Å²) in [5.41, 5.74) is 3.51. The molecule has 1 heterocycles. The molecule has 5 nitrogen and oxygen atoms in total. The number of hydrazine groups is 1. The van der Waals surface area contributed by atoms with E-state index in [1.165, 1.54) is 6.26 Å². The molecule has 19 heavy (non-hydrogen) atoms. The lowest BCUT2D eigenvalue weighted by Crippen LogP contribution is -2.30. The van der Waals surface area contributed by atoms with Gasteiger partial charge in [0.2, 0.25) is 0 Å². The van der Waals surface area contributed by atoms with Crippen molar-refractivity contribution in [2.75, 3.05) is 0 Å². The molecule has 1 aromatic carbocycles. The second-order valence-electron chi connectivity index (χ2n) is 4.30. The third-order valence-electron chi connectivity index (χ3n) is 2.54. The van der Waals surface area contributed by atoms with Crippen LogP contribution in [0.5, 0.6) is 5.75 Å². The maximum Gasteiger partial charge on any atom is 0.301 e. The van der Waals surface area contributed by atoms with Crippen LogP contribution in [0.3, 0.4) is 0 Å². The van der Waals surface area contributed by atoms with Crippen LogP contribution in [0.25, 0.3) is 11.1 Å². The minimum Gasteiger partial charge on any atom is -0.490 e. The van der Waals surface area contributed by atoms with Crippen molar-refractivity contribution in [3.63, 3.8) is 0 Å². The van der Waals surface area contributed by atoms with Gasteiger partial charge >= 0.3 is 5.91 Å². The Kier molecular flexibility index (Phi) is 3.87. The van der Waals surface area contributed by atoms with Crippen molar-refractivity contribution in [2.45, 2.75) is 20.0 Å². The number of hydrogen-bond donors (Lipinski definition) is 2. The number of benzene rings is 1. The van der Waals surface area contributed by atoms with Gasteiger partial charge in [0, 0.05) is 11.1 Å². The zero-order valence-electron chi connectivity index (χ0n) is 10.8. The molecule has 5 heteroatoms. The molecule has 0 bridgehead atoms. The summed E-state index contributed by atoms with van der Waals surface area (Å²) in [7, 11) is 0. The average Bonchev–Trinajstić information content (AvgIpc) is 2.87. The monoisotopic (exact) mass is 260 g/mol. The molecule has 1 amide bonds. The number of amides is 1. The second-order valence-corrected chi connectivity index (χ2v) is 4.30. The Morgan fingerprint density at radius 1 is 1.26 bits per heavy atom. The Hall–Kier alpha value is -2.27. The molecule has 0 spiro atoms. The number of furan rings is 1. The summed E-state index contributed by atoms with van der Waals surface area (Å²) in [5.74, 6) is 5.53. The maximum absolute atomic E-state index is 11.6. The molecule has 3 N–H and O–H groups in total. The minimum atomic E-state index is -0.473. The van der Waals surface area contributed by atoms with Gasteiger partial charge in [-0.1, -0.05) is 18.2 Å². The molecule has 0 radical (unpaired) electrons. The Bertz CT molecular complexity index is 576. The molecular formula is C14H16N2O3. The summed E-state index contributed by atoms with van der Waals surface area (Å²) in [6, 6.07) is 9.19. The van der Waals surface area contributed by atoms with Crippen LogP contribution in [0.15, 0.2) is 41.0 Å². The Morgan fingerprint density at radius 2 is 2.00 bits per heavy atom. The topological polar surface area (TPSA) is 77.5 Å². The summed E-state index contributed by atoms with van der Waals surface area (Å²) in [4.78, 5) is 11.6. The van der Waals surface area contributed by atoms with Crippen LogP contribution in [-0.2, 0) is 0 Å². The molecule has 100 valence electrons. The van der Waals surface area contributed by atoms with Crippen molar-refractivity contribution in [1.82, 2.24) is 5.43 Å². The van der Waals surface area contributed by atoms with Gasteiger partial charge in [-0.2, -0.15) is 0 Å². The van der Waals surface area contributed by atoms with Crippen LogP contribution >= 0.6 is 0 Å². The van der Waals surface area contributed by atoms with E-state index in [4.69, 9.17) is 15.0 Å². The number of ether oxygens (including phenoxy) is 1. The van der Waals surface area contributed by atoms with Crippen LogP contribution in [0.1, 0.15) is 24.4 Å². The highest BCUT2D eigenvalue weighted by Gasteiger charge is 2.18. The number of nitrogens with one attached hydrogen (secondary N) is 1. The molecule has 0 atom stereocenters. The lowest BCUT2D eigenvalue weighted by atomic mass is 10.0. The van der Waals surface area contributed by atoms with E-state index in [-0.39, 0.29) is 11.9 Å². The molecule has 0 aliphatic heterocycles. The SMILES string of the molecule is CC(C)Oc1ccccc1-c1ccoc1C(=O)NN. The maximum atomic E-state index is 11.6. The molecule has 0 fully saturated rings. The van der Waals surface area contributed by atoms with E-state index in [2.05, 4.69) is 5.43 Å². The third-order valence-corrected chi connectivity index (χ3v) is 2.54. The first kappa shape index (κ1) is 13.2. The number of hydrogen-bond acceptors (Lipinski definition) is 4. The summed E-state index contributed by atoms with van der Waals surface area (Å²) < 4.78 is 10.9. The summed E-state index contributed by atoms with van der Waals surface area (Å²) >= 11 is 0. The van der Waals surface area contributed by atoms with Crippen LogP contribution in [0, 0.1) is 0 Å². The minimum absolute atomic E-state index is 0.0415. The van der Waals surface area contributed by atoms with Crippen LogP contribution in [-0.4, -0.2) is 12.0 Å². The zero-order chi connectivity index (χ0) is 13.8. The first-order chi connectivity index (χ1) is 9.13. The van der Waals surface area contributed by atoms with Crippen LogP contribution < -0.4 is 16.0 Å². The van der Waals surface area contributed by atoms with Gasteiger partial charge in [0.1, 0.15) is 5.75 Å². The molecule has 1 aromatic heterocycles. The molecule has 2 aromatic rings. The highest BCUT2D eigenvalue weighted by atomic mass is 16.5. The molecule has 0 saturated heterocycles. The zero-order valence-corrected chi connectivity index (χ0v) is 10.8. The lowest BCUT2D eigenvalue weighted by Gasteiger charge is -2.13. The number of para-hydroxylation sites is 1. The standard InChI is InChI=1S/C14H16N2O3/c1-9(2)19-12-6-4-3-5-10(12)11-7-8-18-13(11)14(17)16-15/h3-9H,15H2,1-2H3,(H,16,17). The first-order valence-electron chi connectivity index (χ1n) is 5.98. The molecule has 0 aliphatic rings. The van der Waals surface area contributed by atoms with Gasteiger partial charge in [0.15, 0.2) is 5.76 Å². The van der Waals surface area contributed by atoms with E-state index in [1.807, 2.05) is 38.1 Å². The largest absolute Gasteiger partial charge is 0.490 e. The van der Waals surface area contributed by atoms with Gasteiger partial charge in [-0.05, 0) is 26.0 Å². The van der Waals surface area contributed by atoms with E-state index in [1.54, 1.807) is 6.07 Å². The van der Waals surface area contributed by atoms with Crippen molar-refractivity contribution < 1.29 is 13.9 Å². The Labute approximate surface area is 111 Å². The van der Waals surface area contributed by atoms with E-state index in [0.29, 0.717) is 11.3 Å². The molecule has 2 rings (SSSR count). The van der Waals surface area contributed by atoms with Crippen molar-refractivity contribution >= 4 is 5.91 Å². The number of nitrogen functional groups attached to an aromatic ring is 1. The van der Waals surface area contributed by atoms with Crippen molar-refractivity contribution in [2.24, 2.45) is 5.84 Å². The predicted molar refractivity (Wildman–Crippen MR) is 71.6 cm³/mol. The fourth-order valence-electron chi connectivity index (χ4n) is 1.81. The molecular weight excluding hydrogens is 244 g/mol. The molecule has 0 saturated carbocycles. The van der Waals surface area contributed by atoms with Gasteiger partial charge in [0.25, 0.3) is 0 Å². The predicted octanol–water partition coefficient (Wildman–Crippen LogP) is 2.34. The normalized spacial score (nSPS) is 10.5. The van der Waals surface area contributed by atoms with E-state index in [0.717, 1.165) is 5.56 Å². The number of rotatable bonds is 4. The average molecular weight is 260 g/mol. The van der Waals surface area contributed by atoms with Crippen LogP contribution in [0.2, 0.25) is 0 Å². The van der Waals surface area contributed by atoms with Crippen LogP contribution in [0.4, 0.5) is 0 Å². The summed E-state index contributed by atoms with van der Waals surface area (Å²) in [5, 5.41) is 0. The second kappa shape index (κ2) is 5.58. The van der Waals surface area contributed by atoms with Crippen molar-refractivity contribution in [3.8, 4) is 16.9 Å². The van der Waals surface area contributed by atoms with E-state index >= 15 is 0 Å². The van der Waals surface area contributed by atoms with Gasteiger partial charge < -0.3 is 9.15 Å². The van der Waals surface area contributed by atoms with Crippen molar-refractivity contribution in [1.29, 1.82) is 0 Å². The Morgan fingerprint density at radius 3 is 2.68 bits per heavy atom. The smallest absolute Gasteiger partial charge is 0.301 e. The fourth-order valence-corrected chi connectivity index (χ4v) is 1.81. The van der Waals surface area contributed by atoms with Crippen molar-refractivity contribution in [3.05, 3.63) is 42.4 Å². The first-order valence-corrected chi connectivity index (χ1v) is 5.98. The van der Waals surface area contributed by atoms with Gasteiger partial charge in [-0.15, -0.1) is 0 Å². The fraction of sp³-hybridized carbons (Fsp3) is 0.214. The highest BCUT2D eigenvalue weighted by Crippen LogP contribution is 2.33. The summed E-state index contributed by atoms with van der Waals surface area (Å²) in [6.45, 7) is 3.89. The van der Waals surface area contributed by atoms with E-state index in [9.17, 15) is 4.79 Å². The lowest BCUT2D eigenvalue weighted by molar-refractivity contribution is 0.0927. The number of nitrogens with two attached hydrogens (primary N) is 1. The van der Waals surface area contributed by atoms with Gasteiger partial charge in [-0.3, -0.25) is 10.2 Å². The Balaban J connectivity index is 2.47. The van der Waals surface area contributed by atoms with Gasteiger partial charge in [0.05, 0.1) is 12.4 Å². The summed E-state index contributed by atoms with van der Waals surface area (Å²) in [6.07, 6.45) is 1.49. The third kappa shape index (κ3) is 2.77.